The molecule has 0 aliphatic rings. The van der Waals surface area contributed by atoms with Crippen molar-refractivity contribution in [2.45, 2.75) is 14.7 Å². The lowest BCUT2D eigenvalue weighted by molar-refractivity contribution is 1.30. The maximum atomic E-state index is 2.40. The third kappa shape index (κ3) is 3.81. The average molecular weight is 515 g/mol. The van der Waals surface area contributed by atoms with Gasteiger partial charge >= 0.3 is 0 Å². The highest BCUT2D eigenvalue weighted by Gasteiger charge is 2.28. The number of rotatable bonds is 3. The summed E-state index contributed by atoms with van der Waals surface area (Å²) >= 11 is 4.81. The minimum Gasteiger partial charge on any atom is -0.0619 e. The van der Waals surface area contributed by atoms with Crippen LogP contribution in [0.15, 0.2) is 93.5 Å². The first kappa shape index (κ1) is 15.4. The molecule has 0 aliphatic heterocycles. The van der Waals surface area contributed by atoms with Crippen molar-refractivity contribution in [2.75, 3.05) is 0 Å². The zero-order valence-corrected chi connectivity index (χ0v) is 16.3. The molecule has 0 amide bonds. The van der Waals surface area contributed by atoms with Gasteiger partial charge < -0.3 is 0 Å². The molecule has 0 atom stereocenters. The lowest BCUT2D eigenvalue weighted by atomic mass is 10.4. The number of benzene rings is 3. The summed E-state index contributed by atoms with van der Waals surface area (Å²) in [6.45, 7) is 0. The van der Waals surface area contributed by atoms with Crippen molar-refractivity contribution >= 4 is 56.1 Å². The average Bonchev–Trinajstić information content (AvgIpc) is 2.49. The van der Waals surface area contributed by atoms with E-state index >= 15 is 0 Å². The van der Waals surface area contributed by atoms with Crippen molar-refractivity contribution in [1.82, 2.24) is 0 Å². The van der Waals surface area contributed by atoms with Crippen molar-refractivity contribution in [3.63, 3.8) is 0 Å². The predicted molar refractivity (Wildman–Crippen MR) is 107 cm³/mol. The quantitative estimate of drug-likeness (QED) is 0.297. The first-order valence-electron chi connectivity index (χ1n) is 6.54. The standard InChI is InChI=1S/C18H13I2S/c19-14-11-15(20)13-18(12-14)21(16-7-3-1-4-8-16)17-9-5-2-6-10-17/h1-13H/q+1. The second-order valence-electron chi connectivity index (χ2n) is 4.54. The minimum absolute atomic E-state index is 0.0448. The molecule has 0 nitrogen and oxygen atoms in total. The molecular weight excluding hydrogens is 502 g/mol. The summed E-state index contributed by atoms with van der Waals surface area (Å²) in [6.07, 6.45) is 0. The molecule has 104 valence electrons. The highest BCUT2D eigenvalue weighted by atomic mass is 127. The lowest BCUT2D eigenvalue weighted by Gasteiger charge is -2.08. The first-order valence-corrected chi connectivity index (χ1v) is 9.93. The predicted octanol–water partition coefficient (Wildman–Crippen LogP) is 5.99. The Labute approximate surface area is 155 Å². The molecule has 3 aromatic carbocycles. The van der Waals surface area contributed by atoms with E-state index < -0.39 is 0 Å². The van der Waals surface area contributed by atoms with E-state index in [4.69, 9.17) is 0 Å². The summed E-state index contributed by atoms with van der Waals surface area (Å²) in [4.78, 5) is 4.10. The molecule has 0 unspecified atom stereocenters. The van der Waals surface area contributed by atoms with E-state index in [0.29, 0.717) is 0 Å². The maximum absolute atomic E-state index is 2.40. The van der Waals surface area contributed by atoms with Crippen LogP contribution < -0.4 is 0 Å². The van der Waals surface area contributed by atoms with Crippen LogP contribution in [0.2, 0.25) is 0 Å². The second-order valence-corrected chi connectivity index (χ2v) is 9.06. The van der Waals surface area contributed by atoms with Crippen molar-refractivity contribution < 1.29 is 0 Å². The van der Waals surface area contributed by atoms with Gasteiger partial charge in [-0.1, -0.05) is 36.4 Å². The van der Waals surface area contributed by atoms with Gasteiger partial charge in [-0.15, -0.1) is 0 Å². The van der Waals surface area contributed by atoms with Crippen molar-refractivity contribution in [1.29, 1.82) is 0 Å². The SMILES string of the molecule is Ic1cc(I)cc([S+](c2ccccc2)c2ccccc2)c1. The summed E-state index contributed by atoms with van der Waals surface area (Å²) in [7, 11) is -0.0448. The summed E-state index contributed by atoms with van der Waals surface area (Å²) in [5, 5.41) is 0. The molecule has 0 N–H and O–H groups in total. The molecule has 0 aliphatic carbocycles. The Morgan fingerprint density at radius 1 is 0.524 bits per heavy atom. The smallest absolute Gasteiger partial charge is 0.0619 e. The van der Waals surface area contributed by atoms with E-state index in [2.05, 4.69) is 124 Å². The van der Waals surface area contributed by atoms with Crippen LogP contribution in [-0.4, -0.2) is 0 Å². The molecule has 0 aromatic heterocycles. The Balaban J connectivity index is 2.17. The Hall–Kier alpha value is -0.530. The summed E-state index contributed by atoms with van der Waals surface area (Å²) in [5.74, 6) is 0. The fraction of sp³-hybridized carbons (Fsp3) is 0. The highest BCUT2D eigenvalue weighted by molar-refractivity contribution is 14.1. The fourth-order valence-corrected chi connectivity index (χ4v) is 6.69. The third-order valence-corrected chi connectivity index (χ3v) is 6.47. The van der Waals surface area contributed by atoms with Crippen LogP contribution in [-0.2, 0) is 10.9 Å². The molecule has 21 heavy (non-hydrogen) atoms. The second kappa shape index (κ2) is 7.15. The van der Waals surface area contributed by atoms with E-state index in [9.17, 15) is 0 Å². The van der Waals surface area contributed by atoms with E-state index in [1.165, 1.54) is 21.8 Å². The van der Waals surface area contributed by atoms with Crippen LogP contribution in [0.4, 0.5) is 0 Å². The van der Waals surface area contributed by atoms with Crippen LogP contribution in [0.1, 0.15) is 0 Å². The van der Waals surface area contributed by atoms with Gasteiger partial charge in [0.1, 0.15) is 0 Å². The van der Waals surface area contributed by atoms with Crippen LogP contribution in [0, 0.1) is 7.14 Å². The van der Waals surface area contributed by atoms with Crippen molar-refractivity contribution in [3.8, 4) is 0 Å². The Morgan fingerprint density at radius 2 is 0.952 bits per heavy atom. The van der Waals surface area contributed by atoms with Crippen LogP contribution >= 0.6 is 45.2 Å². The number of halogens is 2. The largest absolute Gasteiger partial charge is 0.168 e. The Morgan fingerprint density at radius 3 is 1.38 bits per heavy atom. The molecule has 3 heteroatoms. The lowest BCUT2D eigenvalue weighted by Crippen LogP contribution is -2.05. The summed E-state index contributed by atoms with van der Waals surface area (Å²) in [6, 6.07) is 28.4. The first-order chi connectivity index (χ1) is 10.2. The molecule has 0 fully saturated rings. The van der Waals surface area contributed by atoms with Gasteiger partial charge in [-0.05, 0) is 75.5 Å². The normalized spacial score (nSPS) is 10.8. The van der Waals surface area contributed by atoms with Gasteiger partial charge in [0.05, 0.1) is 10.9 Å². The molecule has 0 radical (unpaired) electrons. The molecule has 3 aromatic rings. The van der Waals surface area contributed by atoms with Gasteiger partial charge in [0, 0.05) is 19.3 Å². The number of hydrogen-bond donors (Lipinski definition) is 0. The summed E-state index contributed by atoms with van der Waals surface area (Å²) < 4.78 is 2.58. The maximum Gasteiger partial charge on any atom is 0.168 e. The Kier molecular flexibility index (Phi) is 5.24. The van der Waals surface area contributed by atoms with E-state index in [1.807, 2.05) is 0 Å². The van der Waals surface area contributed by atoms with E-state index in [0.717, 1.165) is 0 Å². The van der Waals surface area contributed by atoms with Crippen molar-refractivity contribution in [2.24, 2.45) is 0 Å². The van der Waals surface area contributed by atoms with Gasteiger partial charge in [0.2, 0.25) is 0 Å². The van der Waals surface area contributed by atoms with Crippen LogP contribution in [0.25, 0.3) is 0 Å². The Bertz CT molecular complexity index is 667. The van der Waals surface area contributed by atoms with Gasteiger partial charge in [0.15, 0.2) is 14.7 Å². The highest BCUT2D eigenvalue weighted by Crippen LogP contribution is 2.32. The van der Waals surface area contributed by atoms with Gasteiger partial charge in [-0.2, -0.15) is 0 Å². The van der Waals surface area contributed by atoms with Gasteiger partial charge in [-0.25, -0.2) is 0 Å². The topological polar surface area (TPSA) is 0 Å². The molecular formula is C18H13I2S+. The van der Waals surface area contributed by atoms with E-state index in [-0.39, 0.29) is 10.9 Å². The zero-order valence-electron chi connectivity index (χ0n) is 11.2. The third-order valence-electron chi connectivity index (χ3n) is 3.03. The molecule has 0 bridgehead atoms. The van der Waals surface area contributed by atoms with E-state index in [1.54, 1.807) is 0 Å². The van der Waals surface area contributed by atoms with Crippen LogP contribution in [0.5, 0.6) is 0 Å². The van der Waals surface area contributed by atoms with Gasteiger partial charge in [-0.3, -0.25) is 0 Å². The summed E-state index contributed by atoms with van der Waals surface area (Å²) in [5.41, 5.74) is 0. The molecule has 0 saturated heterocycles. The molecule has 3 rings (SSSR count). The molecule has 0 saturated carbocycles. The number of hydrogen-bond acceptors (Lipinski definition) is 0. The fourth-order valence-electron chi connectivity index (χ4n) is 2.17. The minimum atomic E-state index is -0.0448. The van der Waals surface area contributed by atoms with Crippen LogP contribution in [0.3, 0.4) is 0 Å². The zero-order chi connectivity index (χ0) is 14.7. The van der Waals surface area contributed by atoms with Crippen molar-refractivity contribution in [3.05, 3.63) is 86.0 Å². The van der Waals surface area contributed by atoms with Gasteiger partial charge in [0.25, 0.3) is 0 Å². The molecule has 0 heterocycles. The molecule has 0 spiro atoms. The monoisotopic (exact) mass is 515 g/mol.